The van der Waals surface area contributed by atoms with Crippen molar-refractivity contribution in [3.63, 3.8) is 0 Å². The second-order valence-electron chi connectivity index (χ2n) is 6.39. The lowest BCUT2D eigenvalue weighted by atomic mass is 9.78. The second kappa shape index (κ2) is 6.62. The van der Waals surface area contributed by atoms with E-state index >= 15 is 0 Å². The van der Waals surface area contributed by atoms with Crippen molar-refractivity contribution in [2.75, 3.05) is 18.0 Å². The number of nitrogens with one attached hydrogen (secondary N) is 1. The van der Waals surface area contributed by atoms with Gasteiger partial charge in [0.05, 0.1) is 0 Å². The number of rotatable bonds is 4. The van der Waals surface area contributed by atoms with Crippen LogP contribution in [-0.2, 0) is 6.54 Å². The molecule has 0 aromatic heterocycles. The minimum atomic E-state index is 0.817. The van der Waals surface area contributed by atoms with E-state index in [0.29, 0.717) is 0 Å². The lowest BCUT2D eigenvalue weighted by Gasteiger charge is -2.45. The molecule has 0 bridgehead atoms. The van der Waals surface area contributed by atoms with Gasteiger partial charge < -0.3 is 10.2 Å². The molecule has 2 fully saturated rings. The van der Waals surface area contributed by atoms with E-state index in [2.05, 4.69) is 41.4 Å². The quantitative estimate of drug-likeness (QED) is 0.892. The van der Waals surface area contributed by atoms with E-state index < -0.39 is 0 Å². The van der Waals surface area contributed by atoms with Gasteiger partial charge in [-0.3, -0.25) is 0 Å². The van der Waals surface area contributed by atoms with E-state index in [9.17, 15) is 0 Å². The summed E-state index contributed by atoms with van der Waals surface area (Å²) < 4.78 is 0. The minimum Gasteiger partial charge on any atom is -0.368 e. The number of anilines is 1. The van der Waals surface area contributed by atoms with E-state index in [1.54, 1.807) is 0 Å². The first-order valence-electron chi connectivity index (χ1n) is 8.45. The van der Waals surface area contributed by atoms with Crippen molar-refractivity contribution in [2.24, 2.45) is 5.92 Å². The van der Waals surface area contributed by atoms with Crippen molar-refractivity contribution in [3.8, 4) is 0 Å². The van der Waals surface area contributed by atoms with Crippen LogP contribution in [-0.4, -0.2) is 19.1 Å². The number of nitrogens with zero attached hydrogens (tertiary/aromatic N) is 1. The van der Waals surface area contributed by atoms with Gasteiger partial charge in [-0.05, 0) is 55.8 Å². The Morgan fingerprint density at radius 3 is 2.60 bits per heavy atom. The highest BCUT2D eigenvalue weighted by molar-refractivity contribution is 5.49. The summed E-state index contributed by atoms with van der Waals surface area (Å²) in [5.74, 6) is 0.957. The highest BCUT2D eigenvalue weighted by atomic mass is 15.2. The zero-order valence-electron chi connectivity index (χ0n) is 12.8. The predicted octanol–water partition coefficient (Wildman–Crippen LogP) is 3.96. The maximum absolute atomic E-state index is 3.40. The van der Waals surface area contributed by atoms with Gasteiger partial charge in [0.15, 0.2) is 0 Å². The van der Waals surface area contributed by atoms with Crippen LogP contribution in [0.3, 0.4) is 0 Å². The number of hydrogen-bond acceptors (Lipinski definition) is 2. The molecule has 0 amide bonds. The van der Waals surface area contributed by atoms with Gasteiger partial charge >= 0.3 is 0 Å². The Morgan fingerprint density at radius 2 is 1.80 bits per heavy atom. The van der Waals surface area contributed by atoms with Crippen LogP contribution < -0.4 is 10.2 Å². The highest BCUT2D eigenvalue weighted by Gasteiger charge is 2.33. The lowest BCUT2D eigenvalue weighted by molar-refractivity contribution is 0.244. The average Bonchev–Trinajstić information content (AvgIpc) is 2.53. The largest absolute Gasteiger partial charge is 0.368 e. The molecule has 2 unspecified atom stereocenters. The Hall–Kier alpha value is -1.02. The molecule has 2 aliphatic rings. The molecule has 1 N–H and O–H groups in total. The molecular weight excluding hydrogens is 244 g/mol. The van der Waals surface area contributed by atoms with E-state index in [4.69, 9.17) is 0 Å². The number of benzene rings is 1. The summed E-state index contributed by atoms with van der Waals surface area (Å²) in [6.45, 7) is 5.44. The van der Waals surface area contributed by atoms with Crippen LogP contribution in [0.25, 0.3) is 0 Å². The molecule has 0 spiro atoms. The third kappa shape index (κ3) is 3.01. The number of fused-ring (bicyclic) bond motifs is 1. The van der Waals surface area contributed by atoms with Crippen molar-refractivity contribution in [1.82, 2.24) is 5.32 Å². The first-order chi connectivity index (χ1) is 9.88. The molecule has 2 atom stereocenters. The molecule has 0 radical (unpaired) electrons. The van der Waals surface area contributed by atoms with E-state index in [1.165, 1.54) is 56.3 Å². The van der Waals surface area contributed by atoms with Gasteiger partial charge in [-0.2, -0.15) is 0 Å². The maximum Gasteiger partial charge on any atom is 0.0369 e. The molecule has 110 valence electrons. The lowest BCUT2D eigenvalue weighted by Crippen LogP contribution is -2.46. The van der Waals surface area contributed by atoms with Gasteiger partial charge in [0.2, 0.25) is 0 Å². The zero-order chi connectivity index (χ0) is 13.8. The van der Waals surface area contributed by atoms with Crippen molar-refractivity contribution in [3.05, 3.63) is 29.8 Å². The van der Waals surface area contributed by atoms with Crippen molar-refractivity contribution >= 4 is 5.69 Å². The topological polar surface area (TPSA) is 15.3 Å². The maximum atomic E-state index is 3.40. The van der Waals surface area contributed by atoms with E-state index in [-0.39, 0.29) is 0 Å². The summed E-state index contributed by atoms with van der Waals surface area (Å²) in [5.41, 5.74) is 2.84. The normalized spacial score (nSPS) is 26.4. The van der Waals surface area contributed by atoms with E-state index in [1.807, 2.05) is 0 Å². The molecule has 1 aromatic rings. The Kier molecular flexibility index (Phi) is 4.62. The Bertz CT molecular complexity index is 410. The fourth-order valence-corrected chi connectivity index (χ4v) is 4.02. The van der Waals surface area contributed by atoms with Crippen LogP contribution in [0.2, 0.25) is 0 Å². The van der Waals surface area contributed by atoms with Crippen LogP contribution in [0.15, 0.2) is 24.3 Å². The standard InChI is InChI=1S/C18H28N2/c1-2-19-14-15-9-11-17(12-10-15)20-13-5-7-16-6-3-4-8-18(16)20/h9-12,16,18-19H,2-8,13-14H2,1H3. The summed E-state index contributed by atoms with van der Waals surface area (Å²) in [4.78, 5) is 2.70. The molecule has 1 aliphatic carbocycles. The smallest absolute Gasteiger partial charge is 0.0369 e. The molecule has 1 aromatic carbocycles. The van der Waals surface area contributed by atoms with Crippen molar-refractivity contribution in [2.45, 2.75) is 58.0 Å². The third-order valence-corrected chi connectivity index (χ3v) is 5.09. The monoisotopic (exact) mass is 272 g/mol. The van der Waals surface area contributed by atoms with Gasteiger partial charge in [-0.1, -0.05) is 31.9 Å². The fourth-order valence-electron chi connectivity index (χ4n) is 4.02. The number of piperidine rings is 1. The van der Waals surface area contributed by atoms with Crippen LogP contribution in [0, 0.1) is 5.92 Å². The Labute approximate surface area is 123 Å². The van der Waals surface area contributed by atoms with E-state index in [0.717, 1.165) is 25.0 Å². The molecular formula is C18H28N2. The summed E-state index contributed by atoms with van der Waals surface area (Å²) >= 11 is 0. The van der Waals surface area contributed by atoms with Crippen LogP contribution in [0.1, 0.15) is 51.0 Å². The summed E-state index contributed by atoms with van der Waals surface area (Å²) in [5, 5.41) is 3.40. The average molecular weight is 272 g/mol. The molecule has 1 aliphatic heterocycles. The summed E-state index contributed by atoms with van der Waals surface area (Å²) in [6, 6.07) is 10.1. The van der Waals surface area contributed by atoms with Crippen LogP contribution >= 0.6 is 0 Å². The Balaban J connectivity index is 1.70. The first-order valence-corrected chi connectivity index (χ1v) is 8.45. The van der Waals surface area contributed by atoms with Crippen molar-refractivity contribution < 1.29 is 0 Å². The molecule has 2 heteroatoms. The third-order valence-electron chi connectivity index (χ3n) is 5.09. The highest BCUT2D eigenvalue weighted by Crippen LogP contribution is 2.37. The Morgan fingerprint density at radius 1 is 1.05 bits per heavy atom. The molecule has 1 saturated carbocycles. The summed E-state index contributed by atoms with van der Waals surface area (Å²) in [7, 11) is 0. The molecule has 2 nitrogen and oxygen atoms in total. The van der Waals surface area contributed by atoms with Crippen LogP contribution in [0.5, 0.6) is 0 Å². The number of hydrogen-bond donors (Lipinski definition) is 1. The summed E-state index contributed by atoms with van der Waals surface area (Å²) in [6.07, 6.45) is 8.58. The first kappa shape index (κ1) is 13.9. The second-order valence-corrected chi connectivity index (χ2v) is 6.39. The van der Waals surface area contributed by atoms with Crippen molar-refractivity contribution in [1.29, 1.82) is 0 Å². The minimum absolute atomic E-state index is 0.817. The van der Waals surface area contributed by atoms with Gasteiger partial charge in [0.25, 0.3) is 0 Å². The van der Waals surface area contributed by atoms with Gasteiger partial charge in [0, 0.05) is 24.8 Å². The molecule has 20 heavy (non-hydrogen) atoms. The SMILES string of the molecule is CCNCc1ccc(N2CCCC3CCCCC32)cc1. The fraction of sp³-hybridized carbons (Fsp3) is 0.667. The van der Waals surface area contributed by atoms with Gasteiger partial charge in [-0.25, -0.2) is 0 Å². The zero-order valence-corrected chi connectivity index (χ0v) is 12.8. The van der Waals surface area contributed by atoms with Gasteiger partial charge in [-0.15, -0.1) is 0 Å². The molecule has 1 heterocycles. The molecule has 1 saturated heterocycles. The van der Waals surface area contributed by atoms with Crippen LogP contribution in [0.4, 0.5) is 5.69 Å². The van der Waals surface area contributed by atoms with Gasteiger partial charge in [0.1, 0.15) is 0 Å². The molecule has 3 rings (SSSR count). The predicted molar refractivity (Wildman–Crippen MR) is 86.1 cm³/mol.